The molecule has 1 fully saturated rings. The van der Waals surface area contributed by atoms with Gasteiger partial charge in [0.1, 0.15) is 0 Å². The van der Waals surface area contributed by atoms with E-state index in [1.165, 1.54) is 35.1 Å². The number of hydrogen-bond acceptors (Lipinski definition) is 2. The Morgan fingerprint density at radius 2 is 1.82 bits per heavy atom. The average molecular weight is 233 g/mol. The number of rotatable bonds is 5. The molecule has 1 aliphatic carbocycles. The van der Waals surface area contributed by atoms with E-state index in [0.717, 1.165) is 12.5 Å². The highest BCUT2D eigenvalue weighted by atomic mass is 16.3. The van der Waals surface area contributed by atoms with Crippen molar-refractivity contribution in [1.29, 1.82) is 0 Å². The van der Waals surface area contributed by atoms with Gasteiger partial charge in [0.2, 0.25) is 0 Å². The maximum absolute atomic E-state index is 9.53. The van der Waals surface area contributed by atoms with Gasteiger partial charge in [-0.25, -0.2) is 0 Å². The number of aliphatic hydroxyl groups is 1. The van der Waals surface area contributed by atoms with Gasteiger partial charge in [0, 0.05) is 0 Å². The second-order valence-electron chi connectivity index (χ2n) is 5.38. The molecule has 0 aromatic heterocycles. The molecule has 1 atom stereocenters. The quantitative estimate of drug-likeness (QED) is 0.819. The second-order valence-corrected chi connectivity index (χ2v) is 5.38. The molecule has 2 N–H and O–H groups in total. The molecule has 17 heavy (non-hydrogen) atoms. The van der Waals surface area contributed by atoms with Crippen LogP contribution in [0.5, 0.6) is 0 Å². The number of nitrogens with one attached hydrogen (secondary N) is 1. The predicted molar refractivity (Wildman–Crippen MR) is 71.2 cm³/mol. The van der Waals surface area contributed by atoms with Crippen LogP contribution in [0.25, 0.3) is 0 Å². The SMILES string of the molecule is Cc1cc(C)c(C(CO)NCC2CC2)cc1C. The van der Waals surface area contributed by atoms with Crippen molar-refractivity contribution in [3.05, 3.63) is 34.4 Å². The maximum Gasteiger partial charge on any atom is 0.0626 e. The van der Waals surface area contributed by atoms with Crippen LogP contribution in [-0.4, -0.2) is 18.3 Å². The molecule has 94 valence electrons. The molecule has 1 saturated carbocycles. The van der Waals surface area contributed by atoms with Crippen molar-refractivity contribution in [2.24, 2.45) is 5.92 Å². The molecule has 0 heterocycles. The Kier molecular flexibility index (Phi) is 3.85. The fourth-order valence-electron chi connectivity index (χ4n) is 2.26. The molecular formula is C15H23NO. The van der Waals surface area contributed by atoms with Gasteiger partial charge >= 0.3 is 0 Å². The van der Waals surface area contributed by atoms with E-state index in [2.05, 4.69) is 38.2 Å². The van der Waals surface area contributed by atoms with Crippen LogP contribution in [0, 0.1) is 26.7 Å². The summed E-state index contributed by atoms with van der Waals surface area (Å²) in [6.45, 7) is 7.61. The Hall–Kier alpha value is -0.860. The first-order valence-electron chi connectivity index (χ1n) is 6.53. The van der Waals surface area contributed by atoms with E-state index in [0.29, 0.717) is 0 Å². The van der Waals surface area contributed by atoms with E-state index in [1.54, 1.807) is 0 Å². The zero-order valence-corrected chi connectivity index (χ0v) is 11.1. The zero-order chi connectivity index (χ0) is 12.4. The third kappa shape index (κ3) is 3.08. The van der Waals surface area contributed by atoms with Gasteiger partial charge in [-0.2, -0.15) is 0 Å². The zero-order valence-electron chi connectivity index (χ0n) is 11.1. The van der Waals surface area contributed by atoms with Crippen molar-refractivity contribution in [1.82, 2.24) is 5.32 Å². The first-order valence-corrected chi connectivity index (χ1v) is 6.53. The summed E-state index contributed by atoms with van der Waals surface area (Å²) in [6.07, 6.45) is 2.69. The minimum Gasteiger partial charge on any atom is -0.394 e. The van der Waals surface area contributed by atoms with Crippen LogP contribution in [-0.2, 0) is 0 Å². The highest BCUT2D eigenvalue weighted by Crippen LogP contribution is 2.29. The van der Waals surface area contributed by atoms with Gasteiger partial charge in [0.15, 0.2) is 0 Å². The number of aliphatic hydroxyl groups excluding tert-OH is 1. The summed E-state index contributed by atoms with van der Waals surface area (Å²) >= 11 is 0. The lowest BCUT2D eigenvalue weighted by atomic mass is 9.96. The van der Waals surface area contributed by atoms with Crippen molar-refractivity contribution >= 4 is 0 Å². The summed E-state index contributed by atoms with van der Waals surface area (Å²) in [5.41, 5.74) is 5.15. The Balaban J connectivity index is 2.13. The largest absolute Gasteiger partial charge is 0.394 e. The summed E-state index contributed by atoms with van der Waals surface area (Å²) in [5.74, 6) is 0.843. The molecule has 0 bridgehead atoms. The molecule has 1 unspecified atom stereocenters. The molecule has 2 nitrogen and oxygen atoms in total. The molecule has 0 spiro atoms. The van der Waals surface area contributed by atoms with E-state index in [-0.39, 0.29) is 12.6 Å². The van der Waals surface area contributed by atoms with Gasteiger partial charge in [-0.15, -0.1) is 0 Å². The summed E-state index contributed by atoms with van der Waals surface area (Å²) in [6, 6.07) is 4.52. The normalized spacial score (nSPS) is 17.2. The summed E-state index contributed by atoms with van der Waals surface area (Å²) in [7, 11) is 0. The van der Waals surface area contributed by atoms with E-state index in [1.807, 2.05) is 0 Å². The van der Waals surface area contributed by atoms with E-state index in [4.69, 9.17) is 0 Å². The molecule has 0 radical (unpaired) electrons. The van der Waals surface area contributed by atoms with Crippen LogP contribution >= 0.6 is 0 Å². The van der Waals surface area contributed by atoms with Crippen LogP contribution in [0.2, 0.25) is 0 Å². The van der Waals surface area contributed by atoms with Crippen LogP contribution in [0.15, 0.2) is 12.1 Å². The number of aryl methyl sites for hydroxylation is 3. The first-order chi connectivity index (χ1) is 8.11. The van der Waals surface area contributed by atoms with E-state index in [9.17, 15) is 5.11 Å². The van der Waals surface area contributed by atoms with Gasteiger partial charge in [0.05, 0.1) is 12.6 Å². The summed E-state index contributed by atoms with van der Waals surface area (Å²) < 4.78 is 0. The Morgan fingerprint density at radius 3 is 2.41 bits per heavy atom. The Morgan fingerprint density at radius 1 is 1.18 bits per heavy atom. The van der Waals surface area contributed by atoms with Crippen molar-refractivity contribution in [3.63, 3.8) is 0 Å². The third-order valence-corrected chi connectivity index (χ3v) is 3.79. The predicted octanol–water partition coefficient (Wildman–Crippen LogP) is 2.64. The minimum absolute atomic E-state index is 0.0925. The molecular weight excluding hydrogens is 210 g/mol. The van der Waals surface area contributed by atoms with Crippen molar-refractivity contribution in [2.75, 3.05) is 13.2 Å². The second kappa shape index (κ2) is 5.19. The van der Waals surface area contributed by atoms with Crippen molar-refractivity contribution in [3.8, 4) is 0 Å². The van der Waals surface area contributed by atoms with Gasteiger partial charge in [-0.3, -0.25) is 0 Å². The van der Waals surface area contributed by atoms with Crippen LogP contribution in [0.3, 0.4) is 0 Å². The third-order valence-electron chi connectivity index (χ3n) is 3.79. The number of benzene rings is 1. The molecule has 1 aliphatic rings. The molecule has 2 heteroatoms. The van der Waals surface area contributed by atoms with E-state index < -0.39 is 0 Å². The number of hydrogen-bond donors (Lipinski definition) is 2. The Bertz CT molecular complexity index is 396. The summed E-state index contributed by atoms with van der Waals surface area (Å²) in [4.78, 5) is 0. The van der Waals surface area contributed by atoms with Gasteiger partial charge in [-0.05, 0) is 68.3 Å². The fourth-order valence-corrected chi connectivity index (χ4v) is 2.26. The summed E-state index contributed by atoms with van der Waals surface area (Å²) in [5, 5.41) is 13.0. The lowest BCUT2D eigenvalue weighted by molar-refractivity contribution is 0.243. The van der Waals surface area contributed by atoms with Gasteiger partial charge < -0.3 is 10.4 Å². The molecule has 0 amide bonds. The highest BCUT2D eigenvalue weighted by Gasteiger charge is 2.23. The maximum atomic E-state index is 9.53. The molecule has 1 aromatic rings. The smallest absolute Gasteiger partial charge is 0.0626 e. The molecule has 0 aliphatic heterocycles. The van der Waals surface area contributed by atoms with Crippen LogP contribution < -0.4 is 5.32 Å². The minimum atomic E-state index is 0.0925. The Labute approximate surface area is 104 Å². The van der Waals surface area contributed by atoms with Crippen LogP contribution in [0.1, 0.15) is 41.1 Å². The lowest BCUT2D eigenvalue weighted by Crippen LogP contribution is -2.27. The molecule has 2 rings (SSSR count). The monoisotopic (exact) mass is 233 g/mol. The topological polar surface area (TPSA) is 32.3 Å². The lowest BCUT2D eigenvalue weighted by Gasteiger charge is -2.20. The average Bonchev–Trinajstić information content (AvgIpc) is 3.09. The molecule has 0 saturated heterocycles. The standard InChI is InChI=1S/C15H23NO/c1-10-6-12(3)14(7-11(10)2)15(9-17)16-8-13-4-5-13/h6-7,13,15-17H,4-5,8-9H2,1-3H3. The molecule has 1 aromatic carbocycles. The van der Waals surface area contributed by atoms with Gasteiger partial charge in [-0.1, -0.05) is 12.1 Å². The first kappa shape index (κ1) is 12.6. The van der Waals surface area contributed by atoms with Crippen LogP contribution in [0.4, 0.5) is 0 Å². The fraction of sp³-hybridized carbons (Fsp3) is 0.600. The van der Waals surface area contributed by atoms with E-state index >= 15 is 0 Å². The van der Waals surface area contributed by atoms with Crippen molar-refractivity contribution in [2.45, 2.75) is 39.7 Å². The van der Waals surface area contributed by atoms with Crippen molar-refractivity contribution < 1.29 is 5.11 Å². The van der Waals surface area contributed by atoms with Gasteiger partial charge in [0.25, 0.3) is 0 Å². The highest BCUT2D eigenvalue weighted by molar-refractivity contribution is 5.38.